The van der Waals surface area contributed by atoms with Crippen molar-refractivity contribution in [2.75, 3.05) is 14.1 Å². The largest absolute Gasteiger partial charge is 0.478 e. The Morgan fingerprint density at radius 3 is 2.03 bits per heavy atom. The Hall–Kier alpha value is -3.81. The number of carbonyl (C=O) groups is 3. The minimum atomic E-state index is -1.26. The summed E-state index contributed by atoms with van der Waals surface area (Å²) in [5.41, 5.74) is 3.22. The van der Waals surface area contributed by atoms with E-state index in [1.807, 2.05) is 44.4 Å². The number of carbonyl (C=O) groups excluding carboxylic acids is 1. The van der Waals surface area contributed by atoms with Gasteiger partial charge in [0.25, 0.3) is 0 Å². The van der Waals surface area contributed by atoms with Crippen molar-refractivity contribution in [3.63, 3.8) is 0 Å². The lowest BCUT2D eigenvalue weighted by molar-refractivity contribution is -0.134. The third-order valence-corrected chi connectivity index (χ3v) is 4.74. The van der Waals surface area contributed by atoms with E-state index in [0.29, 0.717) is 22.7 Å². The van der Waals surface area contributed by atoms with E-state index in [2.05, 4.69) is 4.90 Å². The molecule has 0 radical (unpaired) electrons. The molecule has 0 heterocycles. The van der Waals surface area contributed by atoms with E-state index in [9.17, 15) is 18.8 Å². The number of carboxylic acids is 2. The Morgan fingerprint density at radius 2 is 1.44 bits per heavy atom. The highest BCUT2D eigenvalue weighted by molar-refractivity contribution is 6.31. The molecule has 0 aliphatic heterocycles. The van der Waals surface area contributed by atoms with Gasteiger partial charge in [-0.05, 0) is 55.1 Å². The molecule has 2 N–H and O–H groups in total. The molecule has 0 spiro atoms. The highest BCUT2D eigenvalue weighted by atomic mass is 35.5. The molecule has 0 bridgehead atoms. The molecule has 0 fully saturated rings. The molecule has 0 amide bonds. The smallest absolute Gasteiger partial charge is 0.328 e. The molecule has 0 saturated carbocycles. The summed E-state index contributed by atoms with van der Waals surface area (Å²) in [7, 11) is 3.98. The molecule has 0 aliphatic carbocycles. The number of carboxylic acid groups (broad SMARTS) is 2. The lowest BCUT2D eigenvalue weighted by atomic mass is 9.91. The first-order chi connectivity index (χ1) is 16.1. The summed E-state index contributed by atoms with van der Waals surface area (Å²) in [6, 6.07) is 19.1. The van der Waals surface area contributed by atoms with Crippen LogP contribution in [-0.2, 0) is 16.1 Å². The van der Waals surface area contributed by atoms with Crippen molar-refractivity contribution in [2.45, 2.75) is 6.54 Å². The summed E-state index contributed by atoms with van der Waals surface area (Å²) in [4.78, 5) is 34.2. The van der Waals surface area contributed by atoms with Gasteiger partial charge in [-0.2, -0.15) is 0 Å². The van der Waals surface area contributed by atoms with Crippen LogP contribution in [0.3, 0.4) is 0 Å². The van der Waals surface area contributed by atoms with E-state index in [-0.39, 0.29) is 11.3 Å². The molecular weight excluding hydrogens is 461 g/mol. The minimum absolute atomic E-state index is 0.0427. The summed E-state index contributed by atoms with van der Waals surface area (Å²) in [6.07, 6.45) is 1.12. The van der Waals surface area contributed by atoms with Gasteiger partial charge in [-0.25, -0.2) is 14.0 Å². The summed E-state index contributed by atoms with van der Waals surface area (Å²) in [5.74, 6) is -3.43. The van der Waals surface area contributed by atoms with Crippen LogP contribution in [0.2, 0.25) is 5.02 Å². The molecule has 3 rings (SSSR count). The van der Waals surface area contributed by atoms with Gasteiger partial charge >= 0.3 is 11.9 Å². The maximum absolute atomic E-state index is 14.2. The molecule has 0 aromatic heterocycles. The average molecular weight is 484 g/mol. The first-order valence-corrected chi connectivity index (χ1v) is 10.4. The second-order valence-electron chi connectivity index (χ2n) is 7.40. The highest BCUT2D eigenvalue weighted by Gasteiger charge is 2.19. The van der Waals surface area contributed by atoms with Crippen molar-refractivity contribution in [3.05, 3.63) is 106 Å². The fraction of sp³-hybridized carbons (Fsp3) is 0.115. The number of halogens is 2. The van der Waals surface area contributed by atoms with Crippen molar-refractivity contribution in [1.29, 1.82) is 0 Å². The van der Waals surface area contributed by atoms with Gasteiger partial charge in [-0.15, -0.1) is 0 Å². The Labute approximate surface area is 201 Å². The van der Waals surface area contributed by atoms with Crippen LogP contribution in [0, 0.1) is 5.82 Å². The lowest BCUT2D eigenvalue weighted by Gasteiger charge is -2.17. The maximum Gasteiger partial charge on any atom is 0.328 e. The molecule has 176 valence electrons. The molecule has 34 heavy (non-hydrogen) atoms. The number of nitrogens with zero attached hydrogens (tertiary/aromatic N) is 1. The van der Waals surface area contributed by atoms with Gasteiger partial charge < -0.3 is 15.1 Å². The average Bonchev–Trinajstić information content (AvgIpc) is 2.78. The third kappa shape index (κ3) is 7.65. The van der Waals surface area contributed by atoms with Gasteiger partial charge in [-0.3, -0.25) is 4.79 Å². The first kappa shape index (κ1) is 26.4. The van der Waals surface area contributed by atoms with E-state index in [1.165, 1.54) is 12.1 Å². The van der Waals surface area contributed by atoms with E-state index < -0.39 is 17.8 Å². The Kier molecular flexibility index (Phi) is 9.67. The molecule has 6 nitrogen and oxygen atoms in total. The quantitative estimate of drug-likeness (QED) is 0.356. The minimum Gasteiger partial charge on any atom is -0.478 e. The Morgan fingerprint density at radius 1 is 0.853 bits per heavy atom. The standard InChI is InChI=1S/C22H19ClFNO.C4H4O4/c1-25(2)14-15-7-3-4-8-17(15)18-12-11-16(23)13-20(18)22(26)19-9-5-6-10-21(19)24;5-3(6)1-2-4(7)8/h3-13H,14H2,1-2H3;1-2H,(H,5,6)(H,7,8)/b;2-1-. The number of aliphatic carboxylic acids is 2. The van der Waals surface area contributed by atoms with Crippen LogP contribution in [0.15, 0.2) is 78.9 Å². The molecule has 0 unspecified atom stereocenters. The SMILES string of the molecule is CN(C)Cc1ccccc1-c1ccc(Cl)cc1C(=O)c1ccccc1F.O=C(O)/C=C\C(=O)O. The van der Waals surface area contributed by atoms with Gasteiger partial charge in [0.2, 0.25) is 0 Å². The van der Waals surface area contributed by atoms with Crippen LogP contribution >= 0.6 is 11.6 Å². The number of ketones is 1. The van der Waals surface area contributed by atoms with Crippen LogP contribution in [0.25, 0.3) is 11.1 Å². The predicted octanol–water partition coefficient (Wildman–Crippen LogP) is 5.15. The fourth-order valence-corrected chi connectivity index (χ4v) is 3.31. The van der Waals surface area contributed by atoms with Crippen LogP contribution in [0.5, 0.6) is 0 Å². The lowest BCUT2D eigenvalue weighted by Crippen LogP contribution is -2.12. The summed E-state index contributed by atoms with van der Waals surface area (Å²) in [6.45, 7) is 0.728. The monoisotopic (exact) mass is 483 g/mol. The molecule has 3 aromatic rings. The van der Waals surface area contributed by atoms with Crippen molar-refractivity contribution in [3.8, 4) is 11.1 Å². The van der Waals surface area contributed by atoms with Crippen molar-refractivity contribution < 1.29 is 29.0 Å². The molecular formula is C26H23ClFNO5. The van der Waals surface area contributed by atoms with Crippen LogP contribution in [0.4, 0.5) is 4.39 Å². The highest BCUT2D eigenvalue weighted by Crippen LogP contribution is 2.31. The Bertz CT molecular complexity index is 1210. The molecule has 0 saturated heterocycles. The summed E-state index contributed by atoms with van der Waals surface area (Å²) >= 11 is 6.15. The van der Waals surface area contributed by atoms with Crippen molar-refractivity contribution in [1.82, 2.24) is 4.90 Å². The van der Waals surface area contributed by atoms with E-state index in [1.54, 1.807) is 24.3 Å². The van der Waals surface area contributed by atoms with Gasteiger partial charge in [0.15, 0.2) is 5.78 Å². The first-order valence-electron chi connectivity index (χ1n) is 10.1. The van der Waals surface area contributed by atoms with Gasteiger partial charge in [-0.1, -0.05) is 54.1 Å². The van der Waals surface area contributed by atoms with E-state index in [4.69, 9.17) is 21.8 Å². The molecule has 0 aliphatic rings. The number of hydrogen-bond donors (Lipinski definition) is 2. The zero-order chi connectivity index (χ0) is 25.3. The normalized spacial score (nSPS) is 10.6. The predicted molar refractivity (Wildman–Crippen MR) is 129 cm³/mol. The second-order valence-corrected chi connectivity index (χ2v) is 7.84. The number of hydrogen-bond acceptors (Lipinski definition) is 4. The van der Waals surface area contributed by atoms with Crippen LogP contribution in [0.1, 0.15) is 21.5 Å². The third-order valence-electron chi connectivity index (χ3n) is 4.51. The van der Waals surface area contributed by atoms with Gasteiger partial charge in [0, 0.05) is 29.3 Å². The molecule has 0 atom stereocenters. The van der Waals surface area contributed by atoms with Gasteiger partial charge in [0.1, 0.15) is 5.82 Å². The van der Waals surface area contributed by atoms with Crippen LogP contribution in [-0.4, -0.2) is 46.9 Å². The maximum atomic E-state index is 14.2. The zero-order valence-electron chi connectivity index (χ0n) is 18.5. The zero-order valence-corrected chi connectivity index (χ0v) is 19.3. The Balaban J connectivity index is 0.000000440. The molecule has 8 heteroatoms. The molecule has 3 aromatic carbocycles. The summed E-state index contributed by atoms with van der Waals surface area (Å²) in [5, 5.41) is 16.1. The number of benzene rings is 3. The van der Waals surface area contributed by atoms with Crippen molar-refractivity contribution in [2.24, 2.45) is 0 Å². The second kappa shape index (κ2) is 12.4. The topological polar surface area (TPSA) is 94.9 Å². The van der Waals surface area contributed by atoms with Crippen LogP contribution < -0.4 is 0 Å². The van der Waals surface area contributed by atoms with E-state index >= 15 is 0 Å². The fourth-order valence-electron chi connectivity index (χ4n) is 3.13. The van der Waals surface area contributed by atoms with E-state index in [0.717, 1.165) is 23.2 Å². The van der Waals surface area contributed by atoms with Crippen molar-refractivity contribution >= 4 is 29.3 Å². The number of rotatable bonds is 7. The summed E-state index contributed by atoms with van der Waals surface area (Å²) < 4.78 is 14.2. The van der Waals surface area contributed by atoms with Gasteiger partial charge in [0.05, 0.1) is 5.56 Å².